The van der Waals surface area contributed by atoms with E-state index in [2.05, 4.69) is 126 Å². The lowest BCUT2D eigenvalue weighted by molar-refractivity contribution is 1.17. The average molecular weight is 572 g/mol. The van der Waals surface area contributed by atoms with E-state index in [1.165, 1.54) is 54.8 Å². The van der Waals surface area contributed by atoms with Crippen LogP contribution < -0.4 is 0 Å². The second-order valence-electron chi connectivity index (χ2n) is 11.7. The highest BCUT2D eigenvalue weighted by atomic mass is 15.0. The minimum absolute atomic E-state index is 0.875. The Hall–Kier alpha value is -6.06. The molecule has 1 aliphatic rings. The molecule has 2 heterocycles. The number of hydrogen-bond donors (Lipinski definition) is 0. The minimum Gasteiger partial charge on any atom is -0.309 e. The van der Waals surface area contributed by atoms with Gasteiger partial charge in [0.25, 0.3) is 0 Å². The molecule has 0 fully saturated rings. The van der Waals surface area contributed by atoms with Crippen LogP contribution in [0.4, 0.5) is 0 Å². The zero-order chi connectivity index (χ0) is 29.5. The third-order valence-electron chi connectivity index (χ3n) is 9.32. The Labute approximate surface area is 259 Å². The van der Waals surface area contributed by atoms with Crippen molar-refractivity contribution in [1.29, 1.82) is 0 Å². The van der Waals surface area contributed by atoms with E-state index in [-0.39, 0.29) is 0 Å². The highest BCUT2D eigenvalue weighted by Crippen LogP contribution is 2.50. The highest BCUT2D eigenvalue weighted by Gasteiger charge is 2.26. The third-order valence-corrected chi connectivity index (χ3v) is 9.32. The first-order valence-corrected chi connectivity index (χ1v) is 15.4. The van der Waals surface area contributed by atoms with Gasteiger partial charge in [0.15, 0.2) is 0 Å². The number of benzene rings is 7. The van der Waals surface area contributed by atoms with Gasteiger partial charge in [0.1, 0.15) is 0 Å². The van der Waals surface area contributed by atoms with Crippen LogP contribution in [-0.2, 0) is 0 Å². The SMILES string of the molecule is c1ccc(-c2nc3ccccc3nc2-c2ccccc2-n2c3cccc4c3c3c(cccc32)-c2cccc3cccc-4c23)cc1. The fraction of sp³-hybridized carbons (Fsp3) is 0. The minimum atomic E-state index is 0.875. The number of nitrogens with zero attached hydrogens (tertiary/aromatic N) is 3. The zero-order valence-corrected chi connectivity index (χ0v) is 24.3. The molecule has 0 saturated carbocycles. The Balaban J connectivity index is 1.34. The van der Waals surface area contributed by atoms with Crippen molar-refractivity contribution in [3.8, 4) is 50.5 Å². The molecule has 0 saturated heterocycles. The number of aromatic nitrogens is 3. The van der Waals surface area contributed by atoms with Gasteiger partial charge in [0, 0.05) is 21.9 Å². The quantitative estimate of drug-likeness (QED) is 0.211. The molecule has 0 amide bonds. The molecule has 0 aliphatic heterocycles. The first kappa shape index (κ1) is 24.4. The molecule has 0 radical (unpaired) electrons. The summed E-state index contributed by atoms with van der Waals surface area (Å²) in [6, 6.07) is 54.1. The van der Waals surface area contributed by atoms with Gasteiger partial charge in [-0.15, -0.1) is 0 Å². The van der Waals surface area contributed by atoms with E-state index in [0.717, 1.165) is 39.2 Å². The molecule has 208 valence electrons. The van der Waals surface area contributed by atoms with Gasteiger partial charge in [0.05, 0.1) is 39.1 Å². The van der Waals surface area contributed by atoms with Crippen LogP contribution >= 0.6 is 0 Å². The van der Waals surface area contributed by atoms with Crippen LogP contribution in [0.5, 0.6) is 0 Å². The van der Waals surface area contributed by atoms with Crippen molar-refractivity contribution < 1.29 is 0 Å². The van der Waals surface area contributed by atoms with Crippen molar-refractivity contribution in [2.24, 2.45) is 0 Å². The van der Waals surface area contributed by atoms with Crippen LogP contribution in [0.2, 0.25) is 0 Å². The summed E-state index contributed by atoms with van der Waals surface area (Å²) in [4.78, 5) is 10.5. The Morgan fingerprint density at radius 2 is 0.844 bits per heavy atom. The van der Waals surface area contributed by atoms with E-state index in [9.17, 15) is 0 Å². The van der Waals surface area contributed by atoms with Crippen molar-refractivity contribution in [2.45, 2.75) is 0 Å². The van der Waals surface area contributed by atoms with Crippen LogP contribution in [0.15, 0.2) is 152 Å². The van der Waals surface area contributed by atoms with Crippen molar-refractivity contribution >= 4 is 43.6 Å². The molecule has 9 aromatic rings. The summed E-state index contributed by atoms with van der Waals surface area (Å²) >= 11 is 0. The first-order valence-electron chi connectivity index (χ1n) is 15.4. The maximum absolute atomic E-state index is 5.29. The maximum Gasteiger partial charge on any atom is 0.0994 e. The molecule has 45 heavy (non-hydrogen) atoms. The first-order chi connectivity index (χ1) is 22.3. The Bertz CT molecular complexity index is 2550. The van der Waals surface area contributed by atoms with Gasteiger partial charge in [-0.2, -0.15) is 0 Å². The number of hydrogen-bond acceptors (Lipinski definition) is 2. The van der Waals surface area contributed by atoms with Gasteiger partial charge in [0.2, 0.25) is 0 Å². The van der Waals surface area contributed by atoms with Crippen LogP contribution in [-0.4, -0.2) is 14.5 Å². The Kier molecular flexibility index (Phi) is 5.00. The molecule has 2 aromatic heterocycles. The molecular formula is C42H25N3. The lowest BCUT2D eigenvalue weighted by Crippen LogP contribution is -2.01. The fourth-order valence-corrected chi connectivity index (χ4v) is 7.46. The summed E-state index contributed by atoms with van der Waals surface area (Å²) in [5, 5.41) is 5.16. The van der Waals surface area contributed by atoms with E-state index >= 15 is 0 Å². The van der Waals surface area contributed by atoms with Crippen molar-refractivity contribution in [2.75, 3.05) is 0 Å². The van der Waals surface area contributed by atoms with Crippen LogP contribution in [0.1, 0.15) is 0 Å². The Morgan fingerprint density at radius 1 is 0.356 bits per heavy atom. The number of rotatable bonds is 3. The molecule has 0 unspecified atom stereocenters. The average Bonchev–Trinajstić information content (AvgIpc) is 3.39. The van der Waals surface area contributed by atoms with E-state index in [4.69, 9.17) is 9.97 Å². The second-order valence-corrected chi connectivity index (χ2v) is 11.7. The van der Waals surface area contributed by atoms with Crippen molar-refractivity contribution in [3.63, 3.8) is 0 Å². The van der Waals surface area contributed by atoms with Gasteiger partial charge in [-0.05, 0) is 63.4 Å². The van der Waals surface area contributed by atoms with Crippen LogP contribution in [0, 0.1) is 0 Å². The van der Waals surface area contributed by atoms with Crippen molar-refractivity contribution in [1.82, 2.24) is 14.5 Å². The van der Waals surface area contributed by atoms with Gasteiger partial charge in [-0.3, -0.25) is 0 Å². The molecular weight excluding hydrogens is 546 g/mol. The maximum atomic E-state index is 5.29. The van der Waals surface area contributed by atoms with E-state index < -0.39 is 0 Å². The number of para-hydroxylation sites is 3. The number of fused-ring (bicyclic) bond motifs is 3. The highest BCUT2D eigenvalue weighted by molar-refractivity contribution is 6.27. The fourth-order valence-electron chi connectivity index (χ4n) is 7.46. The standard InChI is InChI=1S/C42H25N3/c1-2-12-27(13-3-1)41-42(44-34-22-6-5-21-33(34)43-41)32-16-4-7-23-35(32)45-36-24-10-19-30-28-17-8-14-26-15-9-18-29(38(26)28)31-20-11-25-37(45)40(31)39(30)36/h1-25H. The molecule has 0 atom stereocenters. The molecule has 3 heteroatoms. The third kappa shape index (κ3) is 3.41. The van der Waals surface area contributed by atoms with E-state index in [0.29, 0.717) is 0 Å². The zero-order valence-electron chi connectivity index (χ0n) is 24.3. The van der Waals surface area contributed by atoms with Gasteiger partial charge in [-0.1, -0.05) is 121 Å². The second kappa shape index (κ2) is 9.22. The Morgan fingerprint density at radius 3 is 1.49 bits per heavy atom. The predicted molar refractivity (Wildman–Crippen MR) is 187 cm³/mol. The van der Waals surface area contributed by atoms with E-state index in [1.807, 2.05) is 30.3 Å². The molecule has 10 rings (SSSR count). The normalized spacial score (nSPS) is 12.0. The summed E-state index contributed by atoms with van der Waals surface area (Å²) < 4.78 is 2.44. The van der Waals surface area contributed by atoms with Gasteiger partial charge in [-0.25, -0.2) is 9.97 Å². The van der Waals surface area contributed by atoms with E-state index in [1.54, 1.807) is 0 Å². The van der Waals surface area contributed by atoms with Gasteiger partial charge >= 0.3 is 0 Å². The van der Waals surface area contributed by atoms with Gasteiger partial charge < -0.3 is 4.57 Å². The summed E-state index contributed by atoms with van der Waals surface area (Å²) in [6.07, 6.45) is 0. The summed E-state index contributed by atoms with van der Waals surface area (Å²) in [5.41, 5.74) is 14.2. The predicted octanol–water partition coefficient (Wildman–Crippen LogP) is 10.9. The lowest BCUT2D eigenvalue weighted by atomic mass is 9.93. The molecule has 7 aromatic carbocycles. The monoisotopic (exact) mass is 571 g/mol. The summed E-state index contributed by atoms with van der Waals surface area (Å²) in [5.74, 6) is 0. The largest absolute Gasteiger partial charge is 0.309 e. The summed E-state index contributed by atoms with van der Waals surface area (Å²) in [6.45, 7) is 0. The lowest BCUT2D eigenvalue weighted by Gasteiger charge is -2.17. The summed E-state index contributed by atoms with van der Waals surface area (Å²) in [7, 11) is 0. The molecule has 0 spiro atoms. The molecule has 3 nitrogen and oxygen atoms in total. The molecule has 0 N–H and O–H groups in total. The van der Waals surface area contributed by atoms with Crippen molar-refractivity contribution in [3.05, 3.63) is 152 Å². The van der Waals surface area contributed by atoms with Crippen LogP contribution in [0.3, 0.4) is 0 Å². The smallest absolute Gasteiger partial charge is 0.0994 e. The topological polar surface area (TPSA) is 30.7 Å². The molecule has 1 aliphatic carbocycles. The van der Waals surface area contributed by atoms with Crippen LogP contribution in [0.25, 0.3) is 94.1 Å². The molecule has 0 bridgehead atoms.